The van der Waals surface area contributed by atoms with Gasteiger partial charge >= 0.3 is 0 Å². The van der Waals surface area contributed by atoms with Crippen LogP contribution in [0.5, 0.6) is 0 Å². The van der Waals surface area contributed by atoms with E-state index in [1.54, 1.807) is 0 Å². The first kappa shape index (κ1) is 32.1. The maximum absolute atomic E-state index is 13.6. The van der Waals surface area contributed by atoms with Crippen LogP contribution in [0.4, 0.5) is 17.1 Å². The first-order valence-electron chi connectivity index (χ1n) is 18.1. The van der Waals surface area contributed by atoms with Gasteiger partial charge in [-0.05, 0) is 106 Å². The molecular weight excluding hydrogens is 588 g/mol. The minimum Gasteiger partial charge on any atom is -0.871 e. The number of Topliss-reactive ketones (excluding diaryl/α,β-unsaturated/α-hetero) is 1. The Morgan fingerprint density at radius 3 is 1.88 bits per heavy atom. The standard InChI is InChI=1S/C44H48N2O2/c1-29-15-25-39(31(3)27-29)45(35-11-7-5-8-12-35)37-21-17-33(18-22-37)41-43(47)42(44(41)48)34-19-23-38(24-20-34)46(36-13-9-6-10-14-36)40-26-16-30(2)28-32(40)4/h15-28,35-36H,5-14H2,1-4H3. The number of aryl methyl sites for hydroxylation is 4. The van der Waals surface area contributed by atoms with Gasteiger partial charge < -0.3 is 10.0 Å². The Morgan fingerprint density at radius 2 is 1.27 bits per heavy atom. The Labute approximate surface area is 286 Å². The molecule has 0 heterocycles. The van der Waals surface area contributed by atoms with E-state index in [1.807, 2.05) is 24.3 Å². The summed E-state index contributed by atoms with van der Waals surface area (Å²) in [6, 6.07) is 22.4. The van der Waals surface area contributed by atoms with E-state index in [-0.39, 0.29) is 11.5 Å². The highest BCUT2D eigenvalue weighted by molar-refractivity contribution is 6.39. The minimum atomic E-state index is -0.155. The predicted octanol–water partition coefficient (Wildman–Crippen LogP) is 9.59. The second-order valence-electron chi connectivity index (χ2n) is 14.4. The number of benzene rings is 3. The zero-order valence-electron chi connectivity index (χ0n) is 29.0. The second-order valence-corrected chi connectivity index (χ2v) is 14.4. The van der Waals surface area contributed by atoms with Gasteiger partial charge in [-0.25, -0.2) is 0 Å². The van der Waals surface area contributed by atoms with Crippen molar-refractivity contribution >= 4 is 34.1 Å². The lowest BCUT2D eigenvalue weighted by atomic mass is 9.80. The Kier molecular flexibility index (Phi) is 9.09. The molecule has 4 aliphatic rings. The zero-order valence-corrected chi connectivity index (χ0v) is 29.0. The van der Waals surface area contributed by atoms with Crippen LogP contribution in [-0.2, 0) is 4.79 Å². The summed E-state index contributed by atoms with van der Waals surface area (Å²) < 4.78 is 2.49. The Balaban J connectivity index is 1.18. The van der Waals surface area contributed by atoms with Crippen LogP contribution in [0.2, 0.25) is 0 Å². The fourth-order valence-corrected chi connectivity index (χ4v) is 8.42. The highest BCUT2D eigenvalue weighted by Gasteiger charge is 2.33. The fourth-order valence-electron chi connectivity index (χ4n) is 8.42. The number of carbonyl (C=O) groups is 1. The van der Waals surface area contributed by atoms with Gasteiger partial charge in [-0.1, -0.05) is 72.9 Å². The number of hydrogen-bond donors (Lipinski definition) is 0. The number of carbonyl (C=O) groups excluding carboxylic acids is 1. The van der Waals surface area contributed by atoms with Gasteiger partial charge in [0.15, 0.2) is 11.8 Å². The molecule has 0 unspecified atom stereocenters. The van der Waals surface area contributed by atoms with Crippen molar-refractivity contribution in [2.45, 2.75) is 104 Å². The molecule has 2 fully saturated rings. The molecule has 0 N–H and O–H groups in total. The maximum Gasteiger partial charge on any atom is 0.208 e. The van der Waals surface area contributed by atoms with Gasteiger partial charge in [0.05, 0.1) is 0 Å². The first-order chi connectivity index (χ1) is 23.3. The van der Waals surface area contributed by atoms with E-state index in [4.69, 9.17) is 0 Å². The highest BCUT2D eigenvalue weighted by Crippen LogP contribution is 2.41. The molecule has 3 aromatic rings. The fraction of sp³-hybridized carbons (Fsp3) is 0.364. The van der Waals surface area contributed by atoms with E-state index in [9.17, 15) is 9.90 Å². The van der Waals surface area contributed by atoms with E-state index in [2.05, 4.69) is 97.9 Å². The van der Waals surface area contributed by atoms with Gasteiger partial charge in [0.1, 0.15) is 0 Å². The van der Waals surface area contributed by atoms with Crippen molar-refractivity contribution in [3.05, 3.63) is 130 Å². The molecule has 7 rings (SSSR count). The van der Waals surface area contributed by atoms with Crippen LogP contribution in [0, 0.1) is 27.7 Å². The molecule has 48 heavy (non-hydrogen) atoms. The average molecular weight is 637 g/mol. The van der Waals surface area contributed by atoms with Crippen LogP contribution in [-0.4, -0.2) is 28.2 Å². The largest absolute Gasteiger partial charge is 0.871 e. The number of ketones is 1. The third kappa shape index (κ3) is 6.14. The summed E-state index contributed by atoms with van der Waals surface area (Å²) in [7, 11) is 0. The van der Waals surface area contributed by atoms with Crippen molar-refractivity contribution < 1.29 is 14.5 Å². The summed E-state index contributed by atoms with van der Waals surface area (Å²) in [5.41, 5.74) is 11.8. The number of nitrogens with zero attached hydrogens (tertiary/aromatic N) is 2. The van der Waals surface area contributed by atoms with Crippen LogP contribution < -0.4 is 10.0 Å². The van der Waals surface area contributed by atoms with Crippen molar-refractivity contribution in [2.75, 3.05) is 4.90 Å². The molecule has 0 aromatic heterocycles. The lowest BCUT2D eigenvalue weighted by Gasteiger charge is -2.37. The quantitative estimate of drug-likeness (QED) is 0.200. The summed E-state index contributed by atoms with van der Waals surface area (Å²) in [5.74, 6) is -0.310. The van der Waals surface area contributed by atoms with Crippen LogP contribution in [0.15, 0.2) is 102 Å². The molecule has 0 amide bonds. The van der Waals surface area contributed by atoms with Gasteiger partial charge in [0.2, 0.25) is 11.4 Å². The normalized spacial score (nSPS) is 18.8. The lowest BCUT2D eigenvalue weighted by Crippen LogP contribution is -2.33. The molecule has 2 saturated carbocycles. The van der Waals surface area contributed by atoms with E-state index >= 15 is 0 Å². The molecular formula is C44H48N2O2. The summed E-state index contributed by atoms with van der Waals surface area (Å²) >= 11 is 0. The van der Waals surface area contributed by atoms with Crippen molar-refractivity contribution in [1.82, 2.24) is 0 Å². The molecule has 0 bridgehead atoms. The molecule has 0 saturated heterocycles. The summed E-state index contributed by atoms with van der Waals surface area (Å²) in [4.78, 5) is 16.1. The molecule has 0 aliphatic heterocycles. The van der Waals surface area contributed by atoms with Crippen molar-refractivity contribution in [3.8, 4) is 0 Å². The second kappa shape index (κ2) is 13.6. The van der Waals surface area contributed by atoms with Gasteiger partial charge in [-0.3, -0.25) is 4.79 Å². The Hall–Kier alpha value is -4.44. The number of hydrogen-bond acceptors (Lipinski definition) is 3. The van der Waals surface area contributed by atoms with E-state index in [0.29, 0.717) is 34.4 Å². The van der Waals surface area contributed by atoms with Crippen molar-refractivity contribution in [1.29, 1.82) is 0 Å². The van der Waals surface area contributed by atoms with Gasteiger partial charge in [0, 0.05) is 65.2 Å². The summed E-state index contributed by atoms with van der Waals surface area (Å²) in [6.07, 6.45) is 20.4. The molecule has 0 radical (unpaired) electrons. The summed E-state index contributed by atoms with van der Waals surface area (Å²) in [5, 5.41) is 13.6. The number of rotatable bonds is 6. The third-order valence-electron chi connectivity index (χ3n) is 10.9. The molecule has 4 aliphatic carbocycles. The third-order valence-corrected chi connectivity index (χ3v) is 10.9. The predicted molar refractivity (Wildman–Crippen MR) is 196 cm³/mol. The Morgan fingerprint density at radius 1 is 0.667 bits per heavy atom. The molecule has 4 heteroatoms. The number of anilines is 2. The van der Waals surface area contributed by atoms with Gasteiger partial charge in [-0.15, -0.1) is 0 Å². The molecule has 3 aromatic carbocycles. The molecule has 0 spiro atoms. The average Bonchev–Trinajstić information content (AvgIpc) is 3.09. The van der Waals surface area contributed by atoms with Crippen LogP contribution in [0.25, 0.3) is 5.57 Å². The van der Waals surface area contributed by atoms with Gasteiger partial charge in [0.25, 0.3) is 0 Å². The van der Waals surface area contributed by atoms with Crippen molar-refractivity contribution in [3.63, 3.8) is 0 Å². The smallest absolute Gasteiger partial charge is 0.208 e. The first-order valence-corrected chi connectivity index (χ1v) is 18.1. The topological polar surface area (TPSA) is 46.4 Å². The van der Waals surface area contributed by atoms with E-state index < -0.39 is 0 Å². The van der Waals surface area contributed by atoms with Crippen LogP contribution in [0.3, 0.4) is 0 Å². The Bertz CT molecular complexity index is 1870. The van der Waals surface area contributed by atoms with Gasteiger partial charge in [-0.2, -0.15) is 4.58 Å². The maximum atomic E-state index is 13.6. The SMILES string of the molecule is Cc1ccc(N(c2ccc(C3=C([O-])C(=C4C=CC(=[N+](c5ccc(C)cc5C)C5CCCCC5)C=C4)C3=O)cc2)C2CCCCC2)c(C)c1. The molecule has 246 valence electrons. The summed E-state index contributed by atoms with van der Waals surface area (Å²) in [6.45, 7) is 8.65. The van der Waals surface area contributed by atoms with E-state index in [1.165, 1.54) is 97.8 Å². The molecule has 0 atom stereocenters. The molecule has 4 nitrogen and oxygen atoms in total. The monoisotopic (exact) mass is 636 g/mol. The number of allylic oxidation sites excluding steroid dienone is 7. The lowest BCUT2D eigenvalue weighted by molar-refractivity contribution is -0.488. The van der Waals surface area contributed by atoms with Crippen molar-refractivity contribution in [2.24, 2.45) is 0 Å². The van der Waals surface area contributed by atoms with Crippen LogP contribution >= 0.6 is 0 Å². The van der Waals surface area contributed by atoms with Crippen LogP contribution in [0.1, 0.15) is 92.0 Å². The highest BCUT2D eigenvalue weighted by atomic mass is 16.3. The zero-order chi connectivity index (χ0) is 33.4. The van der Waals surface area contributed by atoms with E-state index in [0.717, 1.165) is 11.4 Å². The minimum absolute atomic E-state index is 0.155.